The van der Waals surface area contributed by atoms with Crippen molar-refractivity contribution < 1.29 is 31.9 Å². The Bertz CT molecular complexity index is 1580. The van der Waals surface area contributed by atoms with Gasteiger partial charge in [0, 0.05) is 48.8 Å². The molecule has 3 N–H and O–H groups in total. The van der Waals surface area contributed by atoms with Crippen molar-refractivity contribution in [3.8, 4) is 11.5 Å². The quantitative estimate of drug-likeness (QED) is 0.355. The van der Waals surface area contributed by atoms with Crippen LogP contribution >= 0.6 is 0 Å². The molecule has 1 unspecified atom stereocenters. The number of aromatic amines is 1. The summed E-state index contributed by atoms with van der Waals surface area (Å²) in [6, 6.07) is 23.8. The van der Waals surface area contributed by atoms with E-state index in [4.69, 9.17) is 9.47 Å². The van der Waals surface area contributed by atoms with Crippen LogP contribution in [0.4, 0.5) is 0 Å². The normalized spacial score (nSPS) is 31.2. The van der Waals surface area contributed by atoms with Crippen LogP contribution in [-0.2, 0) is 35.0 Å². The number of benzene rings is 3. The number of H-pyrrole nitrogens is 1. The van der Waals surface area contributed by atoms with Crippen LogP contribution in [-0.4, -0.2) is 41.4 Å². The number of ether oxygens (including phenoxy) is 2. The first-order valence-electron chi connectivity index (χ1n) is 14.2. The van der Waals surface area contributed by atoms with Crippen molar-refractivity contribution in [3.05, 3.63) is 94.7 Å². The largest absolute Gasteiger partial charge is 1.00 e. The summed E-state index contributed by atoms with van der Waals surface area (Å²) in [6.07, 6.45) is 3.81. The number of phenolic OH excluding ortho intramolecular Hbond substituents is 1. The van der Waals surface area contributed by atoms with Crippen LogP contribution in [0.15, 0.2) is 66.7 Å². The molecule has 2 bridgehead atoms. The van der Waals surface area contributed by atoms with Crippen molar-refractivity contribution >= 4 is 10.9 Å². The van der Waals surface area contributed by atoms with E-state index < -0.39 is 11.2 Å². The molecule has 5 atom stereocenters. The molecule has 2 aliphatic heterocycles. The summed E-state index contributed by atoms with van der Waals surface area (Å²) >= 11 is 0. The summed E-state index contributed by atoms with van der Waals surface area (Å²) < 4.78 is 14.2. The van der Waals surface area contributed by atoms with Crippen LogP contribution in [0.3, 0.4) is 0 Å². The van der Waals surface area contributed by atoms with Gasteiger partial charge in [-0.25, -0.2) is 0 Å². The Morgan fingerprint density at radius 1 is 1.08 bits per heavy atom. The number of quaternary nitrogens is 1. The highest BCUT2D eigenvalue weighted by atomic mass is 35.5. The van der Waals surface area contributed by atoms with Crippen molar-refractivity contribution in [2.45, 2.75) is 62.2 Å². The van der Waals surface area contributed by atoms with Crippen LogP contribution in [0.2, 0.25) is 0 Å². The van der Waals surface area contributed by atoms with E-state index in [-0.39, 0.29) is 23.6 Å². The maximum absolute atomic E-state index is 11.1. The SMILES string of the molecule is CCO[C@@]12Cc3c([nH]c4ccccc34)[C@]3(C)Oc4c(O)ccc5c4[C@@]31CC[NH+](CCc1ccccc1)[C@@H]2C5.[Cl-]. The van der Waals surface area contributed by atoms with E-state index in [1.54, 1.807) is 4.90 Å². The molecular weight excluding hydrogens is 508 g/mol. The van der Waals surface area contributed by atoms with Gasteiger partial charge in [0.2, 0.25) is 0 Å². The van der Waals surface area contributed by atoms with Gasteiger partial charge in [-0.2, -0.15) is 0 Å². The maximum Gasteiger partial charge on any atom is 0.166 e. The minimum Gasteiger partial charge on any atom is -1.00 e. The first-order chi connectivity index (χ1) is 18.5. The van der Waals surface area contributed by atoms with Gasteiger partial charge in [0.05, 0.1) is 24.2 Å². The van der Waals surface area contributed by atoms with Gasteiger partial charge >= 0.3 is 0 Å². The second-order valence-corrected chi connectivity index (χ2v) is 11.9. The van der Waals surface area contributed by atoms with Gasteiger partial charge in [0.1, 0.15) is 11.6 Å². The third-order valence-corrected chi connectivity index (χ3v) is 10.5. The van der Waals surface area contributed by atoms with E-state index in [9.17, 15) is 5.11 Å². The number of para-hydroxylation sites is 1. The maximum atomic E-state index is 11.1. The van der Waals surface area contributed by atoms with Crippen LogP contribution < -0.4 is 22.0 Å². The van der Waals surface area contributed by atoms with Gasteiger partial charge in [0.15, 0.2) is 17.1 Å². The average Bonchev–Trinajstić information content (AvgIpc) is 3.43. The monoisotopic (exact) mass is 542 g/mol. The Balaban J connectivity index is 0.00000253. The van der Waals surface area contributed by atoms with Crippen molar-refractivity contribution in [1.82, 2.24) is 4.98 Å². The number of piperidine rings is 1. The van der Waals surface area contributed by atoms with E-state index in [0.29, 0.717) is 18.4 Å². The van der Waals surface area contributed by atoms with E-state index in [2.05, 4.69) is 79.5 Å². The van der Waals surface area contributed by atoms with E-state index in [0.717, 1.165) is 50.0 Å². The fourth-order valence-corrected chi connectivity index (χ4v) is 9.13. The Morgan fingerprint density at radius 3 is 2.69 bits per heavy atom. The van der Waals surface area contributed by atoms with Gasteiger partial charge in [-0.05, 0) is 42.7 Å². The Labute approximate surface area is 235 Å². The van der Waals surface area contributed by atoms with Crippen molar-refractivity contribution in [2.75, 3.05) is 19.7 Å². The van der Waals surface area contributed by atoms with E-state index in [1.165, 1.54) is 27.6 Å². The van der Waals surface area contributed by atoms with E-state index in [1.807, 2.05) is 6.07 Å². The zero-order chi connectivity index (χ0) is 25.7. The number of phenols is 1. The average molecular weight is 543 g/mol. The van der Waals surface area contributed by atoms with Crippen LogP contribution in [0.25, 0.3) is 10.9 Å². The number of halogens is 1. The fraction of sp³-hybridized carbons (Fsp3) is 0.394. The summed E-state index contributed by atoms with van der Waals surface area (Å²) in [7, 11) is 0. The molecular formula is C33H35ClN2O3. The molecule has 8 rings (SSSR count). The summed E-state index contributed by atoms with van der Waals surface area (Å²) in [5.74, 6) is 0.917. The fourth-order valence-electron chi connectivity index (χ4n) is 9.13. The lowest BCUT2D eigenvalue weighted by Gasteiger charge is -2.65. The lowest BCUT2D eigenvalue weighted by molar-refractivity contribution is -0.942. The third kappa shape index (κ3) is 2.93. The lowest BCUT2D eigenvalue weighted by atomic mass is 9.45. The predicted octanol–water partition coefficient (Wildman–Crippen LogP) is 1.21. The van der Waals surface area contributed by atoms with Gasteiger partial charge < -0.3 is 36.9 Å². The first kappa shape index (κ1) is 25.0. The smallest absolute Gasteiger partial charge is 0.166 e. The minimum absolute atomic E-state index is 0. The number of fused-ring (bicyclic) bond motifs is 4. The highest BCUT2D eigenvalue weighted by Crippen LogP contribution is 2.70. The molecule has 4 aliphatic rings. The van der Waals surface area contributed by atoms with Crippen molar-refractivity contribution in [2.24, 2.45) is 0 Å². The molecule has 3 aromatic carbocycles. The summed E-state index contributed by atoms with van der Waals surface area (Å²) in [5, 5.41) is 12.4. The second kappa shape index (κ2) is 8.50. The Hall–Kier alpha value is -2.99. The molecule has 0 saturated carbocycles. The number of likely N-dealkylation sites (tertiary alicyclic amines) is 1. The lowest BCUT2D eigenvalue weighted by Crippen LogP contribution is -3.22. The first-order valence-corrected chi connectivity index (χ1v) is 14.2. The zero-order valence-electron chi connectivity index (χ0n) is 22.5. The molecule has 5 nitrogen and oxygen atoms in total. The minimum atomic E-state index is -0.658. The third-order valence-electron chi connectivity index (χ3n) is 10.5. The molecule has 0 radical (unpaired) electrons. The Morgan fingerprint density at radius 2 is 1.87 bits per heavy atom. The van der Waals surface area contributed by atoms with Crippen molar-refractivity contribution in [3.63, 3.8) is 0 Å². The van der Waals surface area contributed by atoms with Crippen LogP contribution in [0.5, 0.6) is 11.5 Å². The molecule has 39 heavy (non-hydrogen) atoms. The van der Waals surface area contributed by atoms with Gasteiger partial charge in [0.25, 0.3) is 0 Å². The number of aromatic hydroxyl groups is 1. The van der Waals surface area contributed by atoms with Crippen molar-refractivity contribution in [1.29, 1.82) is 0 Å². The number of nitrogens with one attached hydrogen (secondary N) is 2. The topological polar surface area (TPSA) is 58.9 Å². The molecule has 1 spiro atoms. The summed E-state index contributed by atoms with van der Waals surface area (Å²) in [6.45, 7) is 7.20. The zero-order valence-corrected chi connectivity index (χ0v) is 23.3. The number of rotatable bonds is 5. The summed E-state index contributed by atoms with van der Waals surface area (Å²) in [4.78, 5) is 5.42. The number of hydrogen-bond donors (Lipinski definition) is 3. The molecule has 202 valence electrons. The molecule has 0 amide bonds. The van der Waals surface area contributed by atoms with Gasteiger partial charge in [-0.3, -0.25) is 0 Å². The van der Waals surface area contributed by atoms with Crippen LogP contribution in [0, 0.1) is 0 Å². The number of hydrogen-bond acceptors (Lipinski definition) is 3. The standard InChI is InChI=1S/C33H34N2O3.ClH/c1-3-37-33-20-24-23-11-7-8-12-25(23)34-30(24)31(2)32(33)16-18-35(17-15-21-9-5-4-6-10-21)27(33)19-22-13-14-26(36)29(38-31)28(22)32;/h4-14,27,34,36H,3,15-20H2,1-2H3;1H/t27-,31+,32+,33-;/m1./s1. The molecule has 4 aromatic rings. The summed E-state index contributed by atoms with van der Waals surface area (Å²) in [5.41, 5.74) is 6.08. The molecule has 1 fully saturated rings. The molecule has 1 aromatic heterocycles. The molecule has 1 saturated heterocycles. The highest BCUT2D eigenvalue weighted by molar-refractivity contribution is 5.86. The molecule has 2 aliphatic carbocycles. The van der Waals surface area contributed by atoms with Gasteiger partial charge in [-0.1, -0.05) is 54.6 Å². The highest BCUT2D eigenvalue weighted by Gasteiger charge is 2.79. The molecule has 3 heterocycles. The predicted molar refractivity (Wildman–Crippen MR) is 147 cm³/mol. The number of aromatic nitrogens is 1. The van der Waals surface area contributed by atoms with Gasteiger partial charge in [-0.15, -0.1) is 0 Å². The molecule has 6 heteroatoms. The van der Waals surface area contributed by atoms with Crippen LogP contribution in [0.1, 0.15) is 48.2 Å². The second-order valence-electron chi connectivity index (χ2n) is 11.9. The van der Waals surface area contributed by atoms with E-state index >= 15 is 0 Å². The Kier molecular flexibility index (Phi) is 5.45.